The summed E-state index contributed by atoms with van der Waals surface area (Å²) in [6, 6.07) is 10.7. The molecule has 0 aliphatic heterocycles. The Morgan fingerprint density at radius 3 is 2.60 bits per heavy atom. The van der Waals surface area contributed by atoms with Crippen molar-refractivity contribution in [3.63, 3.8) is 0 Å². The fourth-order valence-electron chi connectivity index (χ4n) is 3.15. The van der Waals surface area contributed by atoms with Gasteiger partial charge in [0.1, 0.15) is 5.82 Å². The minimum atomic E-state index is -0.347. The van der Waals surface area contributed by atoms with Gasteiger partial charge in [-0.25, -0.2) is 9.97 Å². The maximum absolute atomic E-state index is 13.2. The highest BCUT2D eigenvalue weighted by Gasteiger charge is 2.21. The second-order valence-electron chi connectivity index (χ2n) is 7.01. The minimum absolute atomic E-state index is 0.191. The minimum Gasteiger partial charge on any atom is -0.334 e. The summed E-state index contributed by atoms with van der Waals surface area (Å²) in [6.07, 6.45) is 1.01. The number of carbonyl (C=O) groups is 2. The summed E-state index contributed by atoms with van der Waals surface area (Å²) in [7, 11) is 1.64. The van der Waals surface area contributed by atoms with Crippen LogP contribution in [0.15, 0.2) is 36.4 Å². The number of amides is 2. The molecule has 6 nitrogen and oxygen atoms in total. The number of anilines is 1. The molecule has 0 spiro atoms. The fourth-order valence-corrected chi connectivity index (χ4v) is 3.69. The highest BCUT2D eigenvalue weighted by atomic mass is 35.5. The molecule has 0 atom stereocenters. The first-order valence-corrected chi connectivity index (χ1v) is 10.3. The topological polar surface area (TPSA) is 75.2 Å². The molecule has 1 N–H and O–H groups in total. The molecule has 1 heterocycles. The Hall–Kier alpha value is -2.70. The van der Waals surface area contributed by atoms with Crippen LogP contribution in [0.1, 0.15) is 41.6 Å². The van der Waals surface area contributed by atoms with Crippen molar-refractivity contribution in [3.05, 3.63) is 63.5 Å². The number of hydrogen-bond acceptors (Lipinski definition) is 4. The highest BCUT2D eigenvalue weighted by molar-refractivity contribution is 6.38. The summed E-state index contributed by atoms with van der Waals surface area (Å²) in [5.74, 6) is -0.0423. The van der Waals surface area contributed by atoms with Crippen molar-refractivity contribution in [2.45, 2.75) is 33.2 Å². The quantitative estimate of drug-likeness (QED) is 0.562. The molecule has 0 saturated heterocycles. The summed E-state index contributed by atoms with van der Waals surface area (Å²) in [4.78, 5) is 35.8. The molecular weight excluding hydrogens is 423 g/mol. The molecule has 3 aromatic rings. The van der Waals surface area contributed by atoms with Gasteiger partial charge in [-0.2, -0.15) is 0 Å². The van der Waals surface area contributed by atoms with Crippen LogP contribution in [0.5, 0.6) is 0 Å². The lowest BCUT2D eigenvalue weighted by atomic mass is 10.1. The predicted molar refractivity (Wildman–Crippen MR) is 120 cm³/mol. The van der Waals surface area contributed by atoms with Crippen molar-refractivity contribution in [1.29, 1.82) is 0 Å². The maximum Gasteiger partial charge on any atom is 0.256 e. The van der Waals surface area contributed by atoms with Crippen molar-refractivity contribution in [2.75, 3.05) is 12.4 Å². The Morgan fingerprint density at radius 1 is 1.13 bits per heavy atom. The Morgan fingerprint density at radius 2 is 1.87 bits per heavy atom. The molecule has 0 aliphatic carbocycles. The van der Waals surface area contributed by atoms with E-state index in [0.717, 1.165) is 16.6 Å². The van der Waals surface area contributed by atoms with E-state index in [1.807, 2.05) is 38.1 Å². The van der Waals surface area contributed by atoms with E-state index in [4.69, 9.17) is 23.2 Å². The van der Waals surface area contributed by atoms with Gasteiger partial charge in [-0.3, -0.25) is 9.59 Å². The van der Waals surface area contributed by atoms with Crippen LogP contribution in [-0.4, -0.2) is 33.7 Å². The molecule has 2 amide bonds. The number of nitrogens with one attached hydrogen (secondary N) is 1. The Labute approximate surface area is 185 Å². The third-order valence-corrected chi connectivity index (χ3v) is 5.11. The molecule has 156 valence electrons. The van der Waals surface area contributed by atoms with E-state index in [2.05, 4.69) is 15.3 Å². The van der Waals surface area contributed by atoms with Gasteiger partial charge in [-0.05, 0) is 31.5 Å². The number of aryl methyl sites for hydroxylation is 1. The van der Waals surface area contributed by atoms with E-state index in [0.29, 0.717) is 23.7 Å². The summed E-state index contributed by atoms with van der Waals surface area (Å²) in [5, 5.41) is 4.22. The lowest BCUT2D eigenvalue weighted by molar-refractivity contribution is -0.116. The van der Waals surface area contributed by atoms with Gasteiger partial charge in [0.2, 0.25) is 5.91 Å². The van der Waals surface area contributed by atoms with Gasteiger partial charge in [0.05, 0.1) is 28.3 Å². The van der Waals surface area contributed by atoms with Crippen LogP contribution >= 0.6 is 23.2 Å². The molecule has 0 unspecified atom stereocenters. The number of aromatic nitrogens is 2. The van der Waals surface area contributed by atoms with Gasteiger partial charge in [-0.15, -0.1) is 0 Å². The number of fused-ring (bicyclic) bond motifs is 1. The molecule has 1 aromatic heterocycles. The number of benzene rings is 2. The molecule has 0 fully saturated rings. The van der Waals surface area contributed by atoms with Crippen LogP contribution in [0.3, 0.4) is 0 Å². The van der Waals surface area contributed by atoms with E-state index >= 15 is 0 Å². The van der Waals surface area contributed by atoms with Gasteiger partial charge in [0, 0.05) is 29.6 Å². The zero-order valence-electron chi connectivity index (χ0n) is 17.0. The molecule has 8 heteroatoms. The third kappa shape index (κ3) is 4.89. The SMILES string of the molecule is CCCC(=O)Nc1c(Cl)cc(Cl)cc1C(=O)N(C)Cc1nc(C)c2ccccc2n1. The van der Waals surface area contributed by atoms with Crippen molar-refractivity contribution >= 4 is 51.6 Å². The molecular formula is C22H22Cl2N4O2. The van der Waals surface area contributed by atoms with E-state index < -0.39 is 0 Å². The predicted octanol–water partition coefficient (Wildman–Crippen LogP) is 5.26. The second kappa shape index (κ2) is 9.41. The van der Waals surface area contributed by atoms with Crippen LogP contribution in [0.4, 0.5) is 5.69 Å². The van der Waals surface area contributed by atoms with Gasteiger partial charge in [-0.1, -0.05) is 48.3 Å². The van der Waals surface area contributed by atoms with E-state index in [1.54, 1.807) is 7.05 Å². The summed E-state index contributed by atoms with van der Waals surface area (Å²) in [5.41, 5.74) is 2.14. The molecule has 3 rings (SSSR count). The number of hydrogen-bond donors (Lipinski definition) is 1. The summed E-state index contributed by atoms with van der Waals surface area (Å²) >= 11 is 12.4. The summed E-state index contributed by atoms with van der Waals surface area (Å²) < 4.78 is 0. The van der Waals surface area contributed by atoms with Gasteiger partial charge in [0.25, 0.3) is 5.91 Å². The Kier molecular flexibility index (Phi) is 6.90. The molecule has 2 aromatic carbocycles. The van der Waals surface area contributed by atoms with Crippen LogP contribution in [0.25, 0.3) is 10.9 Å². The lowest BCUT2D eigenvalue weighted by Gasteiger charge is -2.20. The van der Waals surface area contributed by atoms with Crippen molar-refractivity contribution in [2.24, 2.45) is 0 Å². The van der Waals surface area contributed by atoms with Gasteiger partial charge in [0.15, 0.2) is 0 Å². The third-order valence-electron chi connectivity index (χ3n) is 4.59. The number of nitrogens with zero attached hydrogens (tertiary/aromatic N) is 3. The van der Waals surface area contributed by atoms with Crippen LogP contribution in [-0.2, 0) is 11.3 Å². The molecule has 30 heavy (non-hydrogen) atoms. The van der Waals surface area contributed by atoms with Crippen molar-refractivity contribution < 1.29 is 9.59 Å². The monoisotopic (exact) mass is 444 g/mol. The number of rotatable bonds is 6. The van der Waals surface area contributed by atoms with E-state index in [-0.39, 0.29) is 34.6 Å². The molecule has 0 radical (unpaired) electrons. The molecule has 0 bridgehead atoms. The first kappa shape index (κ1) is 22.0. The zero-order chi connectivity index (χ0) is 21.8. The average molecular weight is 445 g/mol. The second-order valence-corrected chi connectivity index (χ2v) is 7.86. The number of carbonyl (C=O) groups excluding carboxylic acids is 2. The highest BCUT2D eigenvalue weighted by Crippen LogP contribution is 2.31. The van der Waals surface area contributed by atoms with Gasteiger partial charge < -0.3 is 10.2 Å². The Balaban J connectivity index is 1.90. The van der Waals surface area contributed by atoms with Gasteiger partial charge >= 0.3 is 0 Å². The smallest absolute Gasteiger partial charge is 0.256 e. The van der Waals surface area contributed by atoms with Crippen LogP contribution in [0.2, 0.25) is 10.0 Å². The van der Waals surface area contributed by atoms with E-state index in [9.17, 15) is 9.59 Å². The Bertz CT molecular complexity index is 1120. The van der Waals surface area contributed by atoms with Crippen molar-refractivity contribution in [3.8, 4) is 0 Å². The normalized spacial score (nSPS) is 10.8. The molecule has 0 aliphatic rings. The first-order valence-electron chi connectivity index (χ1n) is 9.56. The van der Waals surface area contributed by atoms with Crippen LogP contribution in [0, 0.1) is 6.92 Å². The molecule has 0 saturated carbocycles. The van der Waals surface area contributed by atoms with E-state index in [1.165, 1.54) is 17.0 Å². The first-order chi connectivity index (χ1) is 14.3. The van der Waals surface area contributed by atoms with Crippen molar-refractivity contribution in [1.82, 2.24) is 14.9 Å². The number of halogens is 2. The number of para-hydroxylation sites is 1. The standard InChI is InChI=1S/C22H22Cl2N4O2/c1-4-7-20(29)27-21-16(10-14(23)11-17(21)24)22(30)28(3)12-19-25-13(2)15-8-5-6-9-18(15)26-19/h5-6,8-11H,4,7,12H2,1-3H3,(H,27,29). The summed E-state index contributed by atoms with van der Waals surface area (Å²) in [6.45, 7) is 4.00. The zero-order valence-corrected chi connectivity index (χ0v) is 18.5. The largest absolute Gasteiger partial charge is 0.334 e. The maximum atomic E-state index is 13.2. The van der Waals surface area contributed by atoms with Crippen LogP contribution < -0.4 is 5.32 Å². The average Bonchev–Trinajstić information content (AvgIpc) is 2.69. The fraction of sp³-hybridized carbons (Fsp3) is 0.273. The lowest BCUT2D eigenvalue weighted by Crippen LogP contribution is -2.28.